The maximum atomic E-state index is 5.82. The zero-order valence-corrected chi connectivity index (χ0v) is 11.9. The van der Waals surface area contributed by atoms with Crippen LogP contribution >= 0.6 is 0 Å². The molecule has 0 amide bonds. The van der Waals surface area contributed by atoms with Crippen LogP contribution in [-0.4, -0.2) is 17.0 Å². The molecule has 0 atom stereocenters. The first-order valence-corrected chi connectivity index (χ1v) is 6.99. The molecule has 4 heteroatoms. The Morgan fingerprint density at radius 2 is 2.15 bits per heavy atom. The summed E-state index contributed by atoms with van der Waals surface area (Å²) in [6, 6.07) is 6.40. The average Bonchev–Trinajstić information content (AvgIpc) is 3.29. The van der Waals surface area contributed by atoms with Crippen LogP contribution in [0.5, 0.6) is 5.88 Å². The van der Waals surface area contributed by atoms with Gasteiger partial charge in [0.2, 0.25) is 5.88 Å². The zero-order chi connectivity index (χ0) is 13.9. The second-order valence-corrected chi connectivity index (χ2v) is 5.18. The van der Waals surface area contributed by atoms with Crippen LogP contribution in [0.15, 0.2) is 30.6 Å². The number of nitrogens with zero attached hydrogens (tertiary/aromatic N) is 2. The molecule has 1 fully saturated rings. The third-order valence-electron chi connectivity index (χ3n) is 3.60. The molecule has 0 aliphatic heterocycles. The van der Waals surface area contributed by atoms with Gasteiger partial charge in [-0.05, 0) is 37.3 Å². The van der Waals surface area contributed by atoms with Crippen molar-refractivity contribution < 1.29 is 4.74 Å². The van der Waals surface area contributed by atoms with Gasteiger partial charge in [-0.15, -0.1) is 0 Å². The zero-order valence-electron chi connectivity index (χ0n) is 11.9. The van der Waals surface area contributed by atoms with E-state index < -0.39 is 0 Å². The fourth-order valence-electron chi connectivity index (χ4n) is 2.43. The van der Waals surface area contributed by atoms with Crippen molar-refractivity contribution in [2.75, 3.05) is 12.4 Å². The van der Waals surface area contributed by atoms with Crippen molar-refractivity contribution in [1.29, 1.82) is 0 Å². The van der Waals surface area contributed by atoms with Crippen molar-refractivity contribution in [2.45, 2.75) is 32.3 Å². The van der Waals surface area contributed by atoms with E-state index >= 15 is 0 Å². The molecule has 0 radical (unpaired) electrons. The number of rotatable bonds is 5. The molecular formula is C16H19N3O. The first kappa shape index (κ1) is 12.9. The number of aromatic nitrogens is 2. The van der Waals surface area contributed by atoms with E-state index in [1.807, 2.05) is 14.0 Å². The topological polar surface area (TPSA) is 47.0 Å². The molecule has 1 aromatic heterocycles. The Kier molecular flexibility index (Phi) is 3.54. The minimum absolute atomic E-state index is 0.529. The number of hydrogen-bond donors (Lipinski definition) is 1. The van der Waals surface area contributed by atoms with Gasteiger partial charge in [-0.3, -0.25) is 4.98 Å². The third-order valence-corrected chi connectivity index (χ3v) is 3.60. The smallest absolute Gasteiger partial charge is 0.232 e. The lowest BCUT2D eigenvalue weighted by molar-refractivity contribution is 0.291. The number of nitrogens with one attached hydrogen (secondary N) is 1. The fraction of sp³-hybridized carbons (Fsp3) is 0.375. The van der Waals surface area contributed by atoms with Gasteiger partial charge in [0, 0.05) is 24.5 Å². The van der Waals surface area contributed by atoms with Gasteiger partial charge in [0.25, 0.3) is 0 Å². The lowest BCUT2D eigenvalue weighted by atomic mass is 10.0. The Hall–Kier alpha value is -2.10. The molecule has 104 valence electrons. The van der Waals surface area contributed by atoms with Gasteiger partial charge in [-0.2, -0.15) is 0 Å². The Bertz CT molecular complexity index is 608. The van der Waals surface area contributed by atoms with Crippen LogP contribution in [0.25, 0.3) is 0 Å². The van der Waals surface area contributed by atoms with Crippen LogP contribution in [0.3, 0.4) is 0 Å². The Balaban J connectivity index is 1.82. The van der Waals surface area contributed by atoms with E-state index in [4.69, 9.17) is 4.74 Å². The van der Waals surface area contributed by atoms with E-state index in [9.17, 15) is 0 Å². The second kappa shape index (κ2) is 5.49. The van der Waals surface area contributed by atoms with E-state index in [1.165, 1.54) is 24.0 Å². The molecule has 1 aliphatic rings. The standard InChI is InChI=1S/C16H19N3O/c1-11-8-18-9-16(19-11)20-10-14-13(12-6-7-12)4-3-5-15(14)17-2/h3-5,8-9,12,17H,6-7,10H2,1-2H3. The average molecular weight is 269 g/mol. The molecule has 4 nitrogen and oxygen atoms in total. The van der Waals surface area contributed by atoms with Crippen molar-refractivity contribution >= 4 is 5.69 Å². The van der Waals surface area contributed by atoms with Gasteiger partial charge in [0.05, 0.1) is 11.9 Å². The summed E-state index contributed by atoms with van der Waals surface area (Å²) in [6.45, 7) is 2.44. The number of ether oxygens (including phenoxy) is 1. The molecule has 1 aromatic carbocycles. The first-order valence-electron chi connectivity index (χ1n) is 6.99. The van der Waals surface area contributed by atoms with Crippen molar-refractivity contribution in [1.82, 2.24) is 9.97 Å². The van der Waals surface area contributed by atoms with Gasteiger partial charge in [-0.25, -0.2) is 4.98 Å². The lowest BCUT2D eigenvalue weighted by Gasteiger charge is -2.15. The quantitative estimate of drug-likeness (QED) is 0.905. The molecule has 0 spiro atoms. The Morgan fingerprint density at radius 1 is 1.30 bits per heavy atom. The molecule has 0 unspecified atom stereocenters. The predicted octanol–water partition coefficient (Wildman–Crippen LogP) is 3.28. The molecule has 1 heterocycles. The highest BCUT2D eigenvalue weighted by molar-refractivity contribution is 5.55. The largest absolute Gasteiger partial charge is 0.472 e. The number of aryl methyl sites for hydroxylation is 1. The molecule has 0 bridgehead atoms. The van der Waals surface area contributed by atoms with Crippen molar-refractivity contribution in [2.24, 2.45) is 0 Å². The monoisotopic (exact) mass is 269 g/mol. The van der Waals surface area contributed by atoms with Gasteiger partial charge in [-0.1, -0.05) is 12.1 Å². The van der Waals surface area contributed by atoms with Crippen LogP contribution in [0.2, 0.25) is 0 Å². The normalized spacial score (nSPS) is 14.1. The maximum Gasteiger partial charge on any atom is 0.232 e. The summed E-state index contributed by atoms with van der Waals surface area (Å²) in [5, 5.41) is 3.25. The molecule has 2 aromatic rings. The van der Waals surface area contributed by atoms with Crippen LogP contribution in [0.1, 0.15) is 35.6 Å². The van der Waals surface area contributed by atoms with E-state index in [1.54, 1.807) is 12.4 Å². The highest BCUT2D eigenvalue weighted by Gasteiger charge is 2.27. The van der Waals surface area contributed by atoms with E-state index in [0.29, 0.717) is 18.4 Å². The van der Waals surface area contributed by atoms with E-state index in [2.05, 4.69) is 33.5 Å². The summed E-state index contributed by atoms with van der Waals surface area (Å²) in [4.78, 5) is 8.43. The number of anilines is 1. The molecule has 3 rings (SSSR count). The first-order chi connectivity index (χ1) is 9.78. The highest BCUT2D eigenvalue weighted by Crippen LogP contribution is 2.43. The SMILES string of the molecule is CNc1cccc(C2CC2)c1COc1cncc(C)n1. The Labute approximate surface area is 119 Å². The summed E-state index contributed by atoms with van der Waals surface area (Å²) in [7, 11) is 1.95. The van der Waals surface area contributed by atoms with Gasteiger partial charge >= 0.3 is 0 Å². The van der Waals surface area contributed by atoms with Crippen LogP contribution in [0, 0.1) is 6.92 Å². The van der Waals surface area contributed by atoms with Crippen LogP contribution < -0.4 is 10.1 Å². The van der Waals surface area contributed by atoms with E-state index in [-0.39, 0.29) is 0 Å². The molecule has 0 saturated heterocycles. The molecule has 1 N–H and O–H groups in total. The van der Waals surface area contributed by atoms with Crippen molar-refractivity contribution in [3.05, 3.63) is 47.4 Å². The summed E-state index contributed by atoms with van der Waals surface area (Å²) >= 11 is 0. The minimum Gasteiger partial charge on any atom is -0.472 e. The molecule has 1 saturated carbocycles. The molecule has 1 aliphatic carbocycles. The summed E-state index contributed by atoms with van der Waals surface area (Å²) in [5.74, 6) is 1.28. The highest BCUT2D eigenvalue weighted by atomic mass is 16.5. The third kappa shape index (κ3) is 2.74. The van der Waals surface area contributed by atoms with Crippen molar-refractivity contribution in [3.63, 3.8) is 0 Å². The van der Waals surface area contributed by atoms with Gasteiger partial charge in [0.1, 0.15) is 6.61 Å². The summed E-state index contributed by atoms with van der Waals surface area (Å²) in [5.41, 5.74) is 4.64. The summed E-state index contributed by atoms with van der Waals surface area (Å²) < 4.78 is 5.82. The number of hydrogen-bond acceptors (Lipinski definition) is 4. The predicted molar refractivity (Wildman–Crippen MR) is 79.1 cm³/mol. The van der Waals surface area contributed by atoms with E-state index in [0.717, 1.165) is 11.4 Å². The van der Waals surface area contributed by atoms with Gasteiger partial charge in [0.15, 0.2) is 0 Å². The maximum absolute atomic E-state index is 5.82. The fourth-order valence-corrected chi connectivity index (χ4v) is 2.43. The van der Waals surface area contributed by atoms with Crippen LogP contribution in [0.4, 0.5) is 5.69 Å². The minimum atomic E-state index is 0.529. The lowest BCUT2D eigenvalue weighted by Crippen LogP contribution is -2.05. The second-order valence-electron chi connectivity index (χ2n) is 5.18. The molecular weight excluding hydrogens is 250 g/mol. The van der Waals surface area contributed by atoms with Gasteiger partial charge < -0.3 is 10.1 Å². The van der Waals surface area contributed by atoms with Crippen molar-refractivity contribution in [3.8, 4) is 5.88 Å². The summed E-state index contributed by atoms with van der Waals surface area (Å²) in [6.07, 6.45) is 5.95. The molecule has 20 heavy (non-hydrogen) atoms. The van der Waals surface area contributed by atoms with Crippen LogP contribution in [-0.2, 0) is 6.61 Å². The number of benzene rings is 1. The Morgan fingerprint density at radius 3 is 2.85 bits per heavy atom.